The molecular formula is C17H23NO2. The Kier molecular flexibility index (Phi) is 4.06. The number of Topliss-reactive ketones (excluding diaryl/α,β-unsaturated/α-hetero) is 1. The average Bonchev–Trinajstić information content (AvgIpc) is 2.78. The number of ether oxygens (including phenoxy) is 1. The molecule has 0 aromatic heterocycles. The van der Waals surface area contributed by atoms with Crippen molar-refractivity contribution in [1.82, 2.24) is 5.32 Å². The number of methoxy groups -OCH3 is 1. The molecule has 3 rings (SSSR count). The van der Waals surface area contributed by atoms with E-state index in [4.69, 9.17) is 4.74 Å². The molecule has 3 heteroatoms. The molecule has 2 unspecified atom stereocenters. The standard InChI is InChI=1S/C17H23NO2/c1-20-17-5-3-2-4-13(17)11-16(19)10-12-8-14-6-7-15(9-12)18-14/h2-5,12,14-15,18H,6-11H2,1H3. The van der Waals surface area contributed by atoms with Crippen LogP contribution in [0.4, 0.5) is 0 Å². The quantitative estimate of drug-likeness (QED) is 0.896. The SMILES string of the molecule is COc1ccccc1CC(=O)CC1CC2CCC(C1)N2. The number of benzene rings is 1. The molecule has 2 fully saturated rings. The Morgan fingerprint density at radius 1 is 1.25 bits per heavy atom. The highest BCUT2D eigenvalue weighted by Gasteiger charge is 2.34. The Hall–Kier alpha value is -1.35. The van der Waals surface area contributed by atoms with E-state index in [0.717, 1.165) is 17.7 Å². The number of carbonyl (C=O) groups excluding carboxylic acids is 1. The molecule has 1 aromatic rings. The van der Waals surface area contributed by atoms with Gasteiger partial charge in [0.1, 0.15) is 11.5 Å². The van der Waals surface area contributed by atoms with Crippen molar-refractivity contribution in [2.75, 3.05) is 7.11 Å². The largest absolute Gasteiger partial charge is 0.496 e. The van der Waals surface area contributed by atoms with Gasteiger partial charge in [-0.15, -0.1) is 0 Å². The van der Waals surface area contributed by atoms with Crippen molar-refractivity contribution >= 4 is 5.78 Å². The third-order valence-electron chi connectivity index (χ3n) is 4.67. The molecule has 0 aliphatic carbocycles. The van der Waals surface area contributed by atoms with Crippen molar-refractivity contribution in [3.05, 3.63) is 29.8 Å². The molecule has 2 atom stereocenters. The normalized spacial score (nSPS) is 28.4. The van der Waals surface area contributed by atoms with Gasteiger partial charge in [0, 0.05) is 30.5 Å². The van der Waals surface area contributed by atoms with Gasteiger partial charge in [-0.1, -0.05) is 18.2 Å². The number of hydrogen-bond donors (Lipinski definition) is 1. The van der Waals surface area contributed by atoms with Crippen molar-refractivity contribution in [3.63, 3.8) is 0 Å². The number of piperidine rings is 1. The first-order valence-corrected chi connectivity index (χ1v) is 7.64. The number of carbonyl (C=O) groups is 1. The molecule has 2 aliphatic rings. The number of hydrogen-bond acceptors (Lipinski definition) is 3. The molecule has 2 bridgehead atoms. The second-order valence-corrected chi connectivity index (χ2v) is 6.21. The Bertz CT molecular complexity index is 474. The highest BCUT2D eigenvalue weighted by atomic mass is 16.5. The number of nitrogens with one attached hydrogen (secondary N) is 1. The second kappa shape index (κ2) is 5.96. The Labute approximate surface area is 120 Å². The van der Waals surface area contributed by atoms with E-state index in [1.807, 2.05) is 24.3 Å². The fourth-order valence-electron chi connectivity index (χ4n) is 3.80. The van der Waals surface area contributed by atoms with Crippen molar-refractivity contribution in [2.24, 2.45) is 5.92 Å². The van der Waals surface area contributed by atoms with Gasteiger partial charge in [-0.05, 0) is 37.7 Å². The number of rotatable bonds is 5. The molecule has 1 N–H and O–H groups in total. The fraction of sp³-hybridized carbons (Fsp3) is 0.588. The number of fused-ring (bicyclic) bond motifs is 2. The van der Waals surface area contributed by atoms with Crippen LogP contribution in [0, 0.1) is 5.92 Å². The van der Waals surface area contributed by atoms with Gasteiger partial charge >= 0.3 is 0 Å². The lowest BCUT2D eigenvalue weighted by atomic mass is 9.87. The van der Waals surface area contributed by atoms with E-state index in [2.05, 4.69) is 5.32 Å². The van der Waals surface area contributed by atoms with Crippen LogP contribution in [0.15, 0.2) is 24.3 Å². The molecular weight excluding hydrogens is 250 g/mol. The van der Waals surface area contributed by atoms with E-state index in [9.17, 15) is 4.79 Å². The van der Waals surface area contributed by atoms with E-state index in [1.165, 1.54) is 25.7 Å². The Morgan fingerprint density at radius 2 is 1.95 bits per heavy atom. The van der Waals surface area contributed by atoms with E-state index in [1.54, 1.807) is 7.11 Å². The minimum atomic E-state index is 0.348. The maximum atomic E-state index is 12.3. The minimum Gasteiger partial charge on any atom is -0.496 e. The molecule has 20 heavy (non-hydrogen) atoms. The Balaban J connectivity index is 1.57. The molecule has 1 aromatic carbocycles. The van der Waals surface area contributed by atoms with Crippen LogP contribution in [-0.4, -0.2) is 25.0 Å². The van der Waals surface area contributed by atoms with Crippen LogP contribution in [0.3, 0.4) is 0 Å². The van der Waals surface area contributed by atoms with Crippen LogP contribution in [-0.2, 0) is 11.2 Å². The highest BCUT2D eigenvalue weighted by molar-refractivity contribution is 5.81. The first-order valence-electron chi connectivity index (χ1n) is 7.64. The lowest BCUT2D eigenvalue weighted by molar-refractivity contribution is -0.119. The summed E-state index contributed by atoms with van der Waals surface area (Å²) in [5.74, 6) is 1.75. The highest BCUT2D eigenvalue weighted by Crippen LogP contribution is 2.33. The van der Waals surface area contributed by atoms with Crippen LogP contribution < -0.4 is 10.1 Å². The van der Waals surface area contributed by atoms with Gasteiger partial charge < -0.3 is 10.1 Å². The van der Waals surface area contributed by atoms with Crippen LogP contribution in [0.5, 0.6) is 5.75 Å². The van der Waals surface area contributed by atoms with Crippen molar-refractivity contribution in [2.45, 2.75) is 50.6 Å². The summed E-state index contributed by atoms with van der Waals surface area (Å²) < 4.78 is 5.32. The van der Waals surface area contributed by atoms with E-state index < -0.39 is 0 Å². The summed E-state index contributed by atoms with van der Waals surface area (Å²) in [7, 11) is 1.66. The van der Waals surface area contributed by atoms with Gasteiger partial charge in [0.25, 0.3) is 0 Å². The molecule has 2 saturated heterocycles. The zero-order chi connectivity index (χ0) is 13.9. The van der Waals surface area contributed by atoms with Gasteiger partial charge in [0.05, 0.1) is 7.11 Å². The Morgan fingerprint density at radius 3 is 2.65 bits per heavy atom. The zero-order valence-electron chi connectivity index (χ0n) is 12.1. The van der Waals surface area contributed by atoms with Crippen molar-refractivity contribution < 1.29 is 9.53 Å². The summed E-state index contributed by atoms with van der Waals surface area (Å²) in [4.78, 5) is 12.3. The second-order valence-electron chi connectivity index (χ2n) is 6.21. The third kappa shape index (κ3) is 3.04. The molecule has 0 spiro atoms. The van der Waals surface area contributed by atoms with E-state index >= 15 is 0 Å². The molecule has 2 aliphatic heterocycles. The monoisotopic (exact) mass is 273 g/mol. The van der Waals surface area contributed by atoms with Crippen LogP contribution in [0.2, 0.25) is 0 Å². The smallest absolute Gasteiger partial charge is 0.137 e. The summed E-state index contributed by atoms with van der Waals surface area (Å²) in [6.07, 6.45) is 6.17. The van der Waals surface area contributed by atoms with Crippen LogP contribution in [0.25, 0.3) is 0 Å². The van der Waals surface area contributed by atoms with Crippen molar-refractivity contribution in [1.29, 1.82) is 0 Å². The van der Waals surface area contributed by atoms with Gasteiger partial charge in [0.15, 0.2) is 0 Å². The van der Waals surface area contributed by atoms with E-state index in [0.29, 0.717) is 30.2 Å². The predicted molar refractivity (Wildman–Crippen MR) is 79.0 cm³/mol. The molecule has 3 nitrogen and oxygen atoms in total. The minimum absolute atomic E-state index is 0.348. The lowest BCUT2D eigenvalue weighted by Crippen LogP contribution is -2.38. The predicted octanol–water partition coefficient (Wildman–Crippen LogP) is 2.73. The summed E-state index contributed by atoms with van der Waals surface area (Å²) in [6, 6.07) is 9.15. The summed E-state index contributed by atoms with van der Waals surface area (Å²) in [6.45, 7) is 0. The van der Waals surface area contributed by atoms with Gasteiger partial charge in [-0.2, -0.15) is 0 Å². The molecule has 0 saturated carbocycles. The molecule has 0 radical (unpaired) electrons. The zero-order valence-corrected chi connectivity index (χ0v) is 12.1. The number of para-hydroxylation sites is 1. The molecule has 108 valence electrons. The van der Waals surface area contributed by atoms with E-state index in [-0.39, 0.29) is 0 Å². The lowest BCUT2D eigenvalue weighted by Gasteiger charge is -2.28. The summed E-state index contributed by atoms with van der Waals surface area (Å²) in [5.41, 5.74) is 1.01. The molecule has 0 amide bonds. The van der Waals surface area contributed by atoms with Crippen LogP contribution >= 0.6 is 0 Å². The maximum absolute atomic E-state index is 12.3. The van der Waals surface area contributed by atoms with Crippen LogP contribution in [0.1, 0.15) is 37.7 Å². The van der Waals surface area contributed by atoms with Gasteiger partial charge in [0.2, 0.25) is 0 Å². The summed E-state index contributed by atoms with van der Waals surface area (Å²) >= 11 is 0. The first kappa shape index (κ1) is 13.6. The molecule has 2 heterocycles. The van der Waals surface area contributed by atoms with Crippen molar-refractivity contribution in [3.8, 4) is 5.75 Å². The first-order chi connectivity index (χ1) is 9.74. The topological polar surface area (TPSA) is 38.3 Å². The summed E-state index contributed by atoms with van der Waals surface area (Å²) in [5, 5.41) is 3.63. The average molecular weight is 273 g/mol. The van der Waals surface area contributed by atoms with Gasteiger partial charge in [-0.25, -0.2) is 0 Å². The maximum Gasteiger partial charge on any atom is 0.137 e. The third-order valence-corrected chi connectivity index (χ3v) is 4.67. The fourth-order valence-corrected chi connectivity index (χ4v) is 3.80. The van der Waals surface area contributed by atoms with Gasteiger partial charge in [-0.3, -0.25) is 4.79 Å². The number of ketones is 1.